The van der Waals surface area contributed by atoms with Gasteiger partial charge < -0.3 is 24.4 Å². The minimum atomic E-state index is -1.34. The molecule has 0 aliphatic carbocycles. The molecule has 2 amide bonds. The normalized spacial score (nSPS) is 34.9. The molecule has 8 heteroatoms. The molecule has 1 spiro atoms. The third kappa shape index (κ3) is 4.34. The van der Waals surface area contributed by atoms with Gasteiger partial charge in [0, 0.05) is 12.1 Å². The number of esters is 1. The highest BCUT2D eigenvalue weighted by molar-refractivity contribution is 5.99. The summed E-state index contributed by atoms with van der Waals surface area (Å²) in [4.78, 5) is 45.7. The Kier molecular flexibility index (Phi) is 7.17. The van der Waals surface area contributed by atoms with Gasteiger partial charge in [-0.15, -0.1) is 0 Å². The average Bonchev–Trinajstić information content (AvgIpc) is 3.14. The first kappa shape index (κ1) is 27.8. The predicted octanol–water partition coefficient (Wildman–Crippen LogP) is 3.23. The lowest BCUT2D eigenvalue weighted by Crippen LogP contribution is -2.62. The molecule has 4 aliphatic rings. The first-order valence-corrected chi connectivity index (χ1v) is 13.8. The number of amides is 2. The van der Waals surface area contributed by atoms with Gasteiger partial charge in [-0.1, -0.05) is 58.9 Å². The molecule has 0 aromatic carbocycles. The molecule has 2 fully saturated rings. The molecule has 1 N–H and O–H groups in total. The molecule has 206 valence electrons. The Morgan fingerprint density at radius 1 is 1.05 bits per heavy atom. The van der Waals surface area contributed by atoms with E-state index < -0.39 is 46.6 Å². The Morgan fingerprint density at radius 3 is 2.35 bits per heavy atom. The number of hydrogen-bond donors (Lipinski definition) is 1. The molecular weight excluding hydrogens is 472 g/mol. The zero-order valence-corrected chi connectivity index (χ0v) is 23.5. The largest absolute Gasteiger partial charge is 0.465 e. The number of carbonyl (C=O) groups excluding carboxylic acids is 3. The zero-order valence-electron chi connectivity index (χ0n) is 23.5. The van der Waals surface area contributed by atoms with E-state index in [2.05, 4.69) is 34.6 Å². The molecule has 4 heterocycles. The highest BCUT2D eigenvalue weighted by atomic mass is 16.6. The first-order valence-electron chi connectivity index (χ1n) is 13.8. The smallest absolute Gasteiger partial charge is 0.313 e. The Labute approximate surface area is 221 Å². The summed E-state index contributed by atoms with van der Waals surface area (Å²) < 4.78 is 12.5. The van der Waals surface area contributed by atoms with E-state index in [9.17, 15) is 19.5 Å². The average molecular weight is 517 g/mol. The molecular formula is C29H44N2O6. The molecule has 0 aromatic heterocycles. The molecule has 8 nitrogen and oxygen atoms in total. The number of aliphatic hydroxyl groups excluding tert-OH is 1. The molecule has 4 rings (SSSR count). The van der Waals surface area contributed by atoms with Gasteiger partial charge in [0.15, 0.2) is 0 Å². The second-order valence-electron chi connectivity index (χ2n) is 12.9. The standard InChI is InChI=1S/C29H44N2O6/c1-8-19(17-32)31-22-24(34)30(27(6,7)18-26(3,4)5)15-12-14-29(22)20(23(31)33)21-25(35)36-16-11-10-13-28(21,9-2)37-29/h10,12-14,19-22,32H,8-9,11,15-18H2,1-7H3/t19-,20-,21+,22?,28-,29-/m0/s1. The van der Waals surface area contributed by atoms with Crippen molar-refractivity contribution in [2.24, 2.45) is 17.3 Å². The van der Waals surface area contributed by atoms with Crippen LogP contribution in [0.25, 0.3) is 0 Å². The summed E-state index contributed by atoms with van der Waals surface area (Å²) in [5, 5.41) is 10.3. The maximum absolute atomic E-state index is 14.6. The van der Waals surface area contributed by atoms with E-state index in [1.165, 1.54) is 4.90 Å². The Morgan fingerprint density at radius 2 is 1.76 bits per heavy atom. The van der Waals surface area contributed by atoms with E-state index in [0.717, 1.165) is 6.42 Å². The summed E-state index contributed by atoms with van der Waals surface area (Å²) in [5.41, 5.74) is -2.92. The van der Waals surface area contributed by atoms with Gasteiger partial charge >= 0.3 is 5.97 Å². The van der Waals surface area contributed by atoms with Crippen LogP contribution in [-0.2, 0) is 23.9 Å². The molecule has 37 heavy (non-hydrogen) atoms. The summed E-state index contributed by atoms with van der Waals surface area (Å²) in [5.74, 6) is -2.80. The van der Waals surface area contributed by atoms with Crippen molar-refractivity contribution in [3.05, 3.63) is 24.3 Å². The van der Waals surface area contributed by atoms with E-state index in [-0.39, 0.29) is 30.4 Å². The van der Waals surface area contributed by atoms with E-state index in [4.69, 9.17) is 9.47 Å². The fourth-order valence-corrected chi connectivity index (χ4v) is 7.41. The summed E-state index contributed by atoms with van der Waals surface area (Å²) in [6.07, 6.45) is 9.89. The van der Waals surface area contributed by atoms with E-state index in [1.807, 2.05) is 43.1 Å². The van der Waals surface area contributed by atoms with Crippen LogP contribution in [0, 0.1) is 17.3 Å². The first-order chi connectivity index (χ1) is 17.3. The second-order valence-corrected chi connectivity index (χ2v) is 12.9. The zero-order chi connectivity index (χ0) is 27.4. The number of ether oxygens (including phenoxy) is 2. The Bertz CT molecular complexity index is 993. The van der Waals surface area contributed by atoms with Gasteiger partial charge in [-0.25, -0.2) is 0 Å². The van der Waals surface area contributed by atoms with Gasteiger partial charge in [0.1, 0.15) is 23.2 Å². The molecule has 0 saturated carbocycles. The molecule has 0 bridgehead atoms. The Balaban J connectivity index is 1.90. The van der Waals surface area contributed by atoms with E-state index in [0.29, 0.717) is 25.8 Å². The predicted molar refractivity (Wildman–Crippen MR) is 139 cm³/mol. The van der Waals surface area contributed by atoms with Crippen molar-refractivity contribution in [2.75, 3.05) is 19.8 Å². The maximum atomic E-state index is 14.6. The lowest BCUT2D eigenvalue weighted by molar-refractivity contribution is -0.165. The second kappa shape index (κ2) is 9.53. The number of aliphatic hydroxyl groups is 1. The van der Waals surface area contributed by atoms with Gasteiger partial charge in [0.2, 0.25) is 11.8 Å². The number of fused-ring (bicyclic) bond motifs is 2. The molecule has 6 atom stereocenters. The molecule has 4 aliphatic heterocycles. The maximum Gasteiger partial charge on any atom is 0.313 e. The topological polar surface area (TPSA) is 96.4 Å². The van der Waals surface area contributed by atoms with Crippen LogP contribution in [0.15, 0.2) is 24.3 Å². The van der Waals surface area contributed by atoms with E-state index in [1.54, 1.807) is 0 Å². The number of carbonyl (C=O) groups is 3. The van der Waals surface area contributed by atoms with Crippen LogP contribution in [-0.4, -0.2) is 81.3 Å². The van der Waals surface area contributed by atoms with Gasteiger partial charge in [0.05, 0.1) is 25.2 Å². The van der Waals surface area contributed by atoms with Crippen molar-refractivity contribution in [2.45, 2.75) is 103 Å². The van der Waals surface area contributed by atoms with Crippen molar-refractivity contribution in [1.82, 2.24) is 9.80 Å². The highest BCUT2D eigenvalue weighted by Gasteiger charge is 2.76. The van der Waals surface area contributed by atoms with Crippen LogP contribution >= 0.6 is 0 Å². The quantitative estimate of drug-likeness (QED) is 0.430. The summed E-state index contributed by atoms with van der Waals surface area (Å²) >= 11 is 0. The minimum Gasteiger partial charge on any atom is -0.465 e. The summed E-state index contributed by atoms with van der Waals surface area (Å²) in [6, 6.07) is -1.55. The van der Waals surface area contributed by atoms with Crippen LogP contribution in [0.1, 0.15) is 74.1 Å². The van der Waals surface area contributed by atoms with Gasteiger partial charge in [-0.05, 0) is 44.9 Å². The summed E-state index contributed by atoms with van der Waals surface area (Å²) in [7, 11) is 0. The molecule has 1 unspecified atom stereocenters. The van der Waals surface area contributed by atoms with Crippen LogP contribution in [0.4, 0.5) is 0 Å². The number of hydrogen-bond acceptors (Lipinski definition) is 6. The number of nitrogens with zero attached hydrogens (tertiary/aromatic N) is 2. The lowest BCUT2D eigenvalue weighted by atomic mass is 9.73. The number of cyclic esters (lactones) is 1. The molecule has 2 saturated heterocycles. The van der Waals surface area contributed by atoms with Crippen molar-refractivity contribution in [3.63, 3.8) is 0 Å². The Hall–Kier alpha value is -2.19. The number of rotatable bonds is 6. The SMILES string of the molecule is CC[C@@H](CO)N1C(=O)[C@@H]2[C@@H]3C(=O)OCCC=C[C@]3(CC)O[C@@]23C=CCN(C(C)(C)CC(C)(C)C)C(=O)C13. The van der Waals surface area contributed by atoms with Crippen LogP contribution in [0.5, 0.6) is 0 Å². The van der Waals surface area contributed by atoms with Crippen LogP contribution in [0.3, 0.4) is 0 Å². The third-order valence-electron chi connectivity index (χ3n) is 8.61. The lowest BCUT2D eigenvalue weighted by Gasteiger charge is -2.46. The highest BCUT2D eigenvalue weighted by Crippen LogP contribution is 2.59. The van der Waals surface area contributed by atoms with Crippen molar-refractivity contribution >= 4 is 17.8 Å². The van der Waals surface area contributed by atoms with Gasteiger partial charge in [0.25, 0.3) is 0 Å². The van der Waals surface area contributed by atoms with Crippen LogP contribution in [0.2, 0.25) is 0 Å². The van der Waals surface area contributed by atoms with Gasteiger partial charge in [-0.3, -0.25) is 14.4 Å². The monoisotopic (exact) mass is 516 g/mol. The third-order valence-corrected chi connectivity index (χ3v) is 8.61. The van der Waals surface area contributed by atoms with Gasteiger partial charge in [-0.2, -0.15) is 0 Å². The summed E-state index contributed by atoms with van der Waals surface area (Å²) in [6.45, 7) is 14.7. The fraction of sp³-hybridized carbons (Fsp3) is 0.759. The van der Waals surface area contributed by atoms with Crippen molar-refractivity contribution < 1.29 is 29.0 Å². The molecule has 0 radical (unpaired) electrons. The minimum absolute atomic E-state index is 0.0294. The molecule has 0 aromatic rings. The van der Waals surface area contributed by atoms with Crippen LogP contribution < -0.4 is 0 Å². The van der Waals surface area contributed by atoms with Crippen molar-refractivity contribution in [3.8, 4) is 0 Å². The fourth-order valence-electron chi connectivity index (χ4n) is 7.41. The van der Waals surface area contributed by atoms with E-state index >= 15 is 0 Å². The van der Waals surface area contributed by atoms with Crippen molar-refractivity contribution in [1.29, 1.82) is 0 Å². The number of likely N-dealkylation sites (tertiary alicyclic amines) is 1.